The van der Waals surface area contributed by atoms with Crippen molar-refractivity contribution < 1.29 is 0 Å². The number of hydrogen-bond donors (Lipinski definition) is 0. The van der Waals surface area contributed by atoms with Gasteiger partial charge in [-0.15, -0.1) is 0 Å². The standard InChI is InChI=1S/C12H12N2/c1-3-11-9-13-14(10(11)2)12-7-5-4-6-8-12/h3-9H,1H2,2H3. The number of para-hydroxylation sites is 1. The van der Waals surface area contributed by atoms with Gasteiger partial charge in [-0.05, 0) is 19.1 Å². The van der Waals surface area contributed by atoms with Crippen LogP contribution >= 0.6 is 0 Å². The minimum absolute atomic E-state index is 1.08. The molecule has 0 amide bonds. The molecule has 0 unspecified atom stereocenters. The molecule has 2 aromatic rings. The highest BCUT2D eigenvalue weighted by Crippen LogP contribution is 2.13. The van der Waals surface area contributed by atoms with Crippen LogP contribution in [-0.2, 0) is 0 Å². The van der Waals surface area contributed by atoms with Crippen LogP contribution < -0.4 is 0 Å². The quantitative estimate of drug-likeness (QED) is 0.701. The predicted octanol–water partition coefficient (Wildman–Crippen LogP) is 2.82. The molecule has 2 rings (SSSR count). The molecular formula is C12H12N2. The van der Waals surface area contributed by atoms with Gasteiger partial charge in [0.25, 0.3) is 0 Å². The van der Waals surface area contributed by atoms with Crippen LogP contribution in [0.1, 0.15) is 11.3 Å². The first-order valence-corrected chi connectivity index (χ1v) is 4.55. The van der Waals surface area contributed by atoms with E-state index in [-0.39, 0.29) is 0 Å². The van der Waals surface area contributed by atoms with Crippen molar-refractivity contribution in [2.24, 2.45) is 0 Å². The second-order valence-corrected chi connectivity index (χ2v) is 3.14. The summed E-state index contributed by atoms with van der Waals surface area (Å²) in [5.41, 5.74) is 3.28. The van der Waals surface area contributed by atoms with E-state index < -0.39 is 0 Å². The normalized spacial score (nSPS) is 10.1. The zero-order valence-electron chi connectivity index (χ0n) is 8.14. The molecule has 0 N–H and O–H groups in total. The number of nitrogens with zero attached hydrogens (tertiary/aromatic N) is 2. The van der Waals surface area contributed by atoms with Crippen molar-refractivity contribution in [2.45, 2.75) is 6.92 Å². The molecule has 0 saturated carbocycles. The summed E-state index contributed by atoms with van der Waals surface area (Å²) >= 11 is 0. The lowest BCUT2D eigenvalue weighted by Gasteiger charge is -2.03. The first-order chi connectivity index (χ1) is 6.83. The van der Waals surface area contributed by atoms with Crippen LogP contribution in [0.25, 0.3) is 11.8 Å². The molecular weight excluding hydrogens is 172 g/mol. The molecule has 14 heavy (non-hydrogen) atoms. The highest BCUT2D eigenvalue weighted by Gasteiger charge is 2.03. The first-order valence-electron chi connectivity index (χ1n) is 4.55. The third-order valence-electron chi connectivity index (χ3n) is 2.27. The lowest BCUT2D eigenvalue weighted by atomic mass is 10.2. The molecule has 1 aromatic carbocycles. The number of rotatable bonds is 2. The van der Waals surface area contributed by atoms with Crippen LogP contribution in [0.15, 0.2) is 43.1 Å². The summed E-state index contributed by atoms with van der Waals surface area (Å²) in [5.74, 6) is 0. The van der Waals surface area contributed by atoms with Crippen LogP contribution in [0.2, 0.25) is 0 Å². The second kappa shape index (κ2) is 3.50. The molecule has 2 nitrogen and oxygen atoms in total. The first kappa shape index (κ1) is 8.75. The van der Waals surface area contributed by atoms with Crippen LogP contribution in [-0.4, -0.2) is 9.78 Å². The van der Waals surface area contributed by atoms with Crippen molar-refractivity contribution >= 4 is 6.08 Å². The summed E-state index contributed by atoms with van der Waals surface area (Å²) < 4.78 is 1.91. The van der Waals surface area contributed by atoms with Gasteiger partial charge < -0.3 is 0 Å². The van der Waals surface area contributed by atoms with Gasteiger partial charge >= 0.3 is 0 Å². The van der Waals surface area contributed by atoms with Gasteiger partial charge in [0, 0.05) is 11.3 Å². The van der Waals surface area contributed by atoms with Crippen LogP contribution in [0, 0.1) is 6.92 Å². The summed E-state index contributed by atoms with van der Waals surface area (Å²) in [7, 11) is 0. The van der Waals surface area contributed by atoms with Crippen molar-refractivity contribution in [2.75, 3.05) is 0 Å². The summed E-state index contributed by atoms with van der Waals surface area (Å²) in [6.45, 7) is 5.78. The molecule has 0 aliphatic carbocycles. The molecule has 0 spiro atoms. The largest absolute Gasteiger partial charge is 0.237 e. The Balaban J connectivity index is 2.53. The molecule has 2 heteroatoms. The molecule has 0 atom stereocenters. The fourth-order valence-electron chi connectivity index (χ4n) is 1.45. The van der Waals surface area contributed by atoms with E-state index in [2.05, 4.69) is 11.7 Å². The van der Waals surface area contributed by atoms with E-state index in [1.165, 1.54) is 0 Å². The monoisotopic (exact) mass is 184 g/mol. The van der Waals surface area contributed by atoms with E-state index in [9.17, 15) is 0 Å². The minimum Gasteiger partial charge on any atom is -0.237 e. The third kappa shape index (κ3) is 1.35. The molecule has 1 aromatic heterocycles. The van der Waals surface area contributed by atoms with E-state index in [0.717, 1.165) is 16.9 Å². The maximum Gasteiger partial charge on any atom is 0.0648 e. The smallest absolute Gasteiger partial charge is 0.0648 e. The highest BCUT2D eigenvalue weighted by atomic mass is 15.3. The topological polar surface area (TPSA) is 17.8 Å². The van der Waals surface area contributed by atoms with Gasteiger partial charge in [0.1, 0.15) is 0 Å². The Morgan fingerprint density at radius 2 is 2.00 bits per heavy atom. The van der Waals surface area contributed by atoms with Crippen molar-refractivity contribution in [3.05, 3.63) is 54.4 Å². The zero-order valence-corrected chi connectivity index (χ0v) is 8.14. The molecule has 0 saturated heterocycles. The highest BCUT2D eigenvalue weighted by molar-refractivity contribution is 5.50. The van der Waals surface area contributed by atoms with Crippen molar-refractivity contribution in [3.63, 3.8) is 0 Å². The van der Waals surface area contributed by atoms with Gasteiger partial charge in [-0.25, -0.2) is 4.68 Å². The third-order valence-corrected chi connectivity index (χ3v) is 2.27. The molecule has 0 radical (unpaired) electrons. The van der Waals surface area contributed by atoms with Gasteiger partial charge in [-0.1, -0.05) is 30.9 Å². The van der Waals surface area contributed by atoms with Gasteiger partial charge in [0.05, 0.1) is 11.9 Å². The fourth-order valence-corrected chi connectivity index (χ4v) is 1.45. The van der Waals surface area contributed by atoms with Crippen LogP contribution in [0.4, 0.5) is 0 Å². The lowest BCUT2D eigenvalue weighted by molar-refractivity contribution is 0.847. The van der Waals surface area contributed by atoms with E-state index in [1.807, 2.05) is 54.2 Å². The van der Waals surface area contributed by atoms with Crippen molar-refractivity contribution in [1.29, 1.82) is 0 Å². The molecule has 0 aliphatic heterocycles. The summed E-state index contributed by atoms with van der Waals surface area (Å²) in [4.78, 5) is 0. The number of hydrogen-bond acceptors (Lipinski definition) is 1. The Morgan fingerprint density at radius 3 is 2.57 bits per heavy atom. The van der Waals surface area contributed by atoms with Gasteiger partial charge in [0.15, 0.2) is 0 Å². The summed E-state index contributed by atoms with van der Waals surface area (Å²) in [6.07, 6.45) is 3.65. The van der Waals surface area contributed by atoms with Crippen molar-refractivity contribution in [1.82, 2.24) is 9.78 Å². The van der Waals surface area contributed by atoms with Crippen LogP contribution in [0.3, 0.4) is 0 Å². The van der Waals surface area contributed by atoms with Crippen LogP contribution in [0.5, 0.6) is 0 Å². The minimum atomic E-state index is 1.08. The molecule has 0 bridgehead atoms. The SMILES string of the molecule is C=Cc1cnn(-c2ccccc2)c1C. The van der Waals surface area contributed by atoms with E-state index >= 15 is 0 Å². The predicted molar refractivity (Wildman–Crippen MR) is 58.4 cm³/mol. The Kier molecular flexibility index (Phi) is 2.19. The molecule has 70 valence electrons. The average Bonchev–Trinajstić information content (AvgIpc) is 2.61. The van der Waals surface area contributed by atoms with E-state index in [0.29, 0.717) is 0 Å². The Hall–Kier alpha value is -1.83. The molecule has 0 fully saturated rings. The zero-order chi connectivity index (χ0) is 9.97. The van der Waals surface area contributed by atoms with E-state index in [4.69, 9.17) is 0 Å². The van der Waals surface area contributed by atoms with Gasteiger partial charge in [-0.3, -0.25) is 0 Å². The van der Waals surface area contributed by atoms with Gasteiger partial charge in [0.2, 0.25) is 0 Å². The fraction of sp³-hybridized carbons (Fsp3) is 0.0833. The summed E-state index contributed by atoms with van der Waals surface area (Å²) in [6, 6.07) is 10.1. The Bertz CT molecular complexity index is 441. The maximum atomic E-state index is 4.30. The molecule has 0 aliphatic rings. The Morgan fingerprint density at radius 1 is 1.29 bits per heavy atom. The number of benzene rings is 1. The second-order valence-electron chi connectivity index (χ2n) is 3.14. The maximum absolute atomic E-state index is 4.30. The van der Waals surface area contributed by atoms with Gasteiger partial charge in [-0.2, -0.15) is 5.10 Å². The summed E-state index contributed by atoms with van der Waals surface area (Å²) in [5, 5.41) is 4.30. The number of aromatic nitrogens is 2. The lowest BCUT2D eigenvalue weighted by Crippen LogP contribution is -1.97. The van der Waals surface area contributed by atoms with Crippen molar-refractivity contribution in [3.8, 4) is 5.69 Å². The molecule has 1 heterocycles. The Labute approximate surface area is 83.5 Å². The average molecular weight is 184 g/mol. The van der Waals surface area contributed by atoms with E-state index in [1.54, 1.807) is 0 Å².